The van der Waals surface area contributed by atoms with Crippen LogP contribution in [0.3, 0.4) is 0 Å². The lowest BCUT2D eigenvalue weighted by Gasteiger charge is -2.40. The topological polar surface area (TPSA) is 41.4 Å². The van der Waals surface area contributed by atoms with Gasteiger partial charge in [0.1, 0.15) is 6.04 Å². The molecule has 1 aromatic carbocycles. The number of rotatable bonds is 5. The number of carbonyl (C=O) groups is 1. The zero-order valence-electron chi connectivity index (χ0n) is 17.3. The van der Waals surface area contributed by atoms with Crippen molar-refractivity contribution >= 4 is 5.91 Å². The molecule has 1 fully saturated rings. The Bertz CT molecular complexity index is 783. The van der Waals surface area contributed by atoms with Gasteiger partial charge in [-0.1, -0.05) is 36.8 Å². The molecule has 0 radical (unpaired) electrons. The number of benzene rings is 1. The van der Waals surface area contributed by atoms with Gasteiger partial charge in [0.25, 0.3) is 0 Å². The van der Waals surface area contributed by atoms with Crippen LogP contribution in [0.5, 0.6) is 0 Å². The number of aryl methyl sites for hydroxylation is 2. The van der Waals surface area contributed by atoms with E-state index in [1.165, 1.54) is 6.42 Å². The summed E-state index contributed by atoms with van der Waals surface area (Å²) in [4.78, 5) is 17.8. The van der Waals surface area contributed by atoms with Crippen LogP contribution in [0.15, 0.2) is 30.3 Å². The number of amides is 1. The van der Waals surface area contributed by atoms with Crippen LogP contribution in [0.2, 0.25) is 0 Å². The van der Waals surface area contributed by atoms with Crippen LogP contribution in [0.25, 0.3) is 0 Å². The van der Waals surface area contributed by atoms with Gasteiger partial charge in [-0.3, -0.25) is 14.4 Å². The molecule has 0 saturated carbocycles. The number of likely N-dealkylation sites (N-methyl/N-ethyl adjacent to an activating group) is 1. The summed E-state index contributed by atoms with van der Waals surface area (Å²) in [5.41, 5.74) is 4.35. The average Bonchev–Trinajstić information content (AvgIpc) is 2.90. The van der Waals surface area contributed by atoms with Crippen LogP contribution in [0.4, 0.5) is 0 Å². The molecule has 1 aliphatic heterocycles. The van der Waals surface area contributed by atoms with Gasteiger partial charge in [0.15, 0.2) is 0 Å². The van der Waals surface area contributed by atoms with Crippen molar-refractivity contribution in [3.8, 4) is 0 Å². The maximum Gasteiger partial charge on any atom is 0.244 e. The Hall–Kier alpha value is -2.14. The second kappa shape index (κ2) is 8.26. The van der Waals surface area contributed by atoms with E-state index in [-0.39, 0.29) is 11.9 Å². The van der Waals surface area contributed by atoms with Gasteiger partial charge in [0, 0.05) is 37.9 Å². The summed E-state index contributed by atoms with van der Waals surface area (Å²) in [7, 11) is 3.87. The fourth-order valence-electron chi connectivity index (χ4n) is 4.19. The van der Waals surface area contributed by atoms with E-state index in [0.29, 0.717) is 12.6 Å². The third-order valence-corrected chi connectivity index (χ3v) is 5.97. The highest BCUT2D eigenvalue weighted by Gasteiger charge is 2.34. The van der Waals surface area contributed by atoms with E-state index in [9.17, 15) is 4.79 Å². The molecule has 0 N–H and O–H groups in total. The lowest BCUT2D eigenvalue weighted by Crippen LogP contribution is -2.47. The van der Waals surface area contributed by atoms with Crippen molar-refractivity contribution in [2.24, 2.45) is 7.05 Å². The molecule has 5 heteroatoms. The lowest BCUT2D eigenvalue weighted by molar-refractivity contribution is -0.138. The van der Waals surface area contributed by atoms with Crippen molar-refractivity contribution in [2.45, 2.75) is 58.7 Å². The zero-order chi connectivity index (χ0) is 19.6. The van der Waals surface area contributed by atoms with E-state index in [2.05, 4.69) is 36.0 Å². The predicted octanol–water partition coefficient (Wildman–Crippen LogP) is 3.61. The van der Waals surface area contributed by atoms with E-state index in [0.717, 1.165) is 41.9 Å². The van der Waals surface area contributed by atoms with E-state index in [1.807, 2.05) is 48.8 Å². The van der Waals surface area contributed by atoms with E-state index in [4.69, 9.17) is 0 Å². The van der Waals surface area contributed by atoms with Crippen LogP contribution in [0.1, 0.15) is 54.7 Å². The summed E-state index contributed by atoms with van der Waals surface area (Å²) in [6, 6.07) is 10.4. The molecule has 2 aromatic rings. The Balaban J connectivity index is 1.88. The van der Waals surface area contributed by atoms with E-state index < -0.39 is 0 Å². The number of likely N-dealkylation sites (tertiary alicyclic amines) is 1. The van der Waals surface area contributed by atoms with Crippen molar-refractivity contribution in [1.82, 2.24) is 19.6 Å². The number of nitrogens with zero attached hydrogens (tertiary/aromatic N) is 4. The van der Waals surface area contributed by atoms with Gasteiger partial charge < -0.3 is 4.90 Å². The molecule has 0 bridgehead atoms. The maximum atomic E-state index is 13.6. The third kappa shape index (κ3) is 4.08. The Labute approximate surface area is 163 Å². The Morgan fingerprint density at radius 3 is 2.56 bits per heavy atom. The molecule has 0 spiro atoms. The van der Waals surface area contributed by atoms with Crippen LogP contribution in [0, 0.1) is 13.8 Å². The first-order valence-electron chi connectivity index (χ1n) is 9.95. The van der Waals surface area contributed by atoms with Gasteiger partial charge >= 0.3 is 0 Å². The first-order valence-corrected chi connectivity index (χ1v) is 9.95. The molecule has 0 aliphatic carbocycles. The minimum Gasteiger partial charge on any atom is -0.340 e. The SMILES string of the molecule is Cc1nn(C)c(C)c1CN(C)C(=O)[C@H](c1ccccc1)N1CCCC[C@H]1C. The van der Waals surface area contributed by atoms with E-state index in [1.54, 1.807) is 0 Å². The van der Waals surface area contributed by atoms with Gasteiger partial charge in [-0.15, -0.1) is 0 Å². The molecule has 1 amide bonds. The number of piperidine rings is 1. The average molecular weight is 369 g/mol. The van der Waals surface area contributed by atoms with Crippen molar-refractivity contribution in [1.29, 1.82) is 0 Å². The van der Waals surface area contributed by atoms with Crippen LogP contribution < -0.4 is 0 Å². The summed E-state index contributed by atoms with van der Waals surface area (Å²) >= 11 is 0. The molecule has 27 heavy (non-hydrogen) atoms. The molecule has 1 saturated heterocycles. The summed E-state index contributed by atoms with van der Waals surface area (Å²) in [6.07, 6.45) is 3.56. The molecule has 1 aromatic heterocycles. The standard InChI is InChI=1S/C22H32N4O/c1-16-11-9-10-14-26(16)21(19-12-7-6-8-13-19)22(27)24(4)15-20-17(2)23-25(5)18(20)3/h6-8,12-13,16,21H,9-11,14-15H2,1-5H3/t16-,21+/m1/s1. The van der Waals surface area contributed by atoms with Crippen molar-refractivity contribution < 1.29 is 4.79 Å². The second-order valence-electron chi connectivity index (χ2n) is 7.86. The van der Waals surface area contributed by atoms with Gasteiger partial charge in [0.05, 0.1) is 5.69 Å². The highest BCUT2D eigenvalue weighted by molar-refractivity contribution is 5.83. The highest BCUT2D eigenvalue weighted by Crippen LogP contribution is 2.30. The maximum absolute atomic E-state index is 13.6. The first-order chi connectivity index (χ1) is 12.9. The zero-order valence-corrected chi connectivity index (χ0v) is 17.3. The molecule has 1 aliphatic rings. The smallest absolute Gasteiger partial charge is 0.244 e. The molecule has 0 unspecified atom stereocenters. The summed E-state index contributed by atoms with van der Waals surface area (Å²) in [6.45, 7) is 7.90. The fraction of sp³-hybridized carbons (Fsp3) is 0.545. The predicted molar refractivity (Wildman–Crippen MR) is 108 cm³/mol. The van der Waals surface area contributed by atoms with Crippen molar-refractivity contribution in [2.75, 3.05) is 13.6 Å². The fourth-order valence-corrected chi connectivity index (χ4v) is 4.19. The van der Waals surface area contributed by atoms with Crippen LogP contribution >= 0.6 is 0 Å². The molecule has 3 rings (SSSR count). The minimum atomic E-state index is -0.219. The highest BCUT2D eigenvalue weighted by atomic mass is 16.2. The minimum absolute atomic E-state index is 0.164. The number of carbonyl (C=O) groups excluding carboxylic acids is 1. The largest absolute Gasteiger partial charge is 0.340 e. The monoisotopic (exact) mass is 368 g/mol. The Morgan fingerprint density at radius 2 is 1.96 bits per heavy atom. The molecule has 2 heterocycles. The summed E-state index contributed by atoms with van der Waals surface area (Å²) in [5, 5.41) is 4.50. The van der Waals surface area contributed by atoms with Crippen molar-refractivity contribution in [3.05, 3.63) is 52.8 Å². The third-order valence-electron chi connectivity index (χ3n) is 5.97. The van der Waals surface area contributed by atoms with Crippen molar-refractivity contribution in [3.63, 3.8) is 0 Å². The quantitative estimate of drug-likeness (QED) is 0.809. The van der Waals surface area contributed by atoms with Gasteiger partial charge in [-0.2, -0.15) is 5.10 Å². The Morgan fingerprint density at radius 1 is 1.26 bits per heavy atom. The number of hydrogen-bond donors (Lipinski definition) is 0. The van der Waals surface area contributed by atoms with Crippen LogP contribution in [-0.4, -0.2) is 45.1 Å². The van der Waals surface area contributed by atoms with Gasteiger partial charge in [0.2, 0.25) is 5.91 Å². The van der Waals surface area contributed by atoms with Gasteiger partial charge in [-0.05, 0) is 45.7 Å². The molecule has 146 valence electrons. The Kier molecular flexibility index (Phi) is 6.00. The number of hydrogen-bond acceptors (Lipinski definition) is 3. The summed E-state index contributed by atoms with van der Waals surface area (Å²) in [5.74, 6) is 0.164. The summed E-state index contributed by atoms with van der Waals surface area (Å²) < 4.78 is 1.89. The van der Waals surface area contributed by atoms with Crippen LogP contribution in [-0.2, 0) is 18.4 Å². The molecular weight excluding hydrogens is 336 g/mol. The van der Waals surface area contributed by atoms with Gasteiger partial charge in [-0.25, -0.2) is 0 Å². The van der Waals surface area contributed by atoms with E-state index >= 15 is 0 Å². The lowest BCUT2D eigenvalue weighted by atomic mass is 9.96. The second-order valence-corrected chi connectivity index (χ2v) is 7.86. The normalized spacial score (nSPS) is 19.1. The molecule has 2 atom stereocenters. The molecular formula is C22H32N4O. The molecule has 5 nitrogen and oxygen atoms in total. The first kappa shape index (κ1) is 19.6. The number of aromatic nitrogens is 2.